The molecule has 0 spiro atoms. The van der Waals surface area contributed by atoms with E-state index in [9.17, 15) is 9.59 Å². The molecule has 3 unspecified atom stereocenters. The number of carboxylic acid groups (broad SMARTS) is 1. The van der Waals surface area contributed by atoms with Crippen LogP contribution in [-0.4, -0.2) is 41.1 Å². The Kier molecular flexibility index (Phi) is 4.96. The molecule has 0 bridgehead atoms. The molecular formula is C16H21NO4. The number of nitrogens with zero attached hydrogens (tertiary/aromatic N) is 1. The van der Waals surface area contributed by atoms with Crippen molar-refractivity contribution in [3.63, 3.8) is 0 Å². The quantitative estimate of drug-likeness (QED) is 0.898. The van der Waals surface area contributed by atoms with E-state index < -0.39 is 18.0 Å². The van der Waals surface area contributed by atoms with Gasteiger partial charge in [-0.25, -0.2) is 0 Å². The summed E-state index contributed by atoms with van der Waals surface area (Å²) in [6.45, 7) is 4.70. The minimum atomic E-state index is -0.837. The summed E-state index contributed by atoms with van der Waals surface area (Å²) in [6.07, 6.45) is -0.565. The van der Waals surface area contributed by atoms with Crippen molar-refractivity contribution in [2.24, 2.45) is 11.8 Å². The summed E-state index contributed by atoms with van der Waals surface area (Å²) in [5.41, 5.74) is 1.01. The van der Waals surface area contributed by atoms with E-state index in [1.807, 2.05) is 37.3 Å². The molecule has 5 heteroatoms. The number of aliphatic carboxylic acids is 1. The van der Waals surface area contributed by atoms with Gasteiger partial charge in [0.15, 0.2) is 0 Å². The highest BCUT2D eigenvalue weighted by Crippen LogP contribution is 2.24. The van der Waals surface area contributed by atoms with Gasteiger partial charge in [0.05, 0.1) is 12.5 Å². The molecule has 0 saturated carbocycles. The summed E-state index contributed by atoms with van der Waals surface area (Å²) >= 11 is 0. The first kappa shape index (κ1) is 15.5. The highest BCUT2D eigenvalue weighted by atomic mass is 16.5. The van der Waals surface area contributed by atoms with E-state index in [-0.39, 0.29) is 18.4 Å². The topological polar surface area (TPSA) is 66.8 Å². The smallest absolute Gasteiger partial charge is 0.308 e. The van der Waals surface area contributed by atoms with Gasteiger partial charge in [0.2, 0.25) is 0 Å². The Morgan fingerprint density at radius 1 is 1.33 bits per heavy atom. The van der Waals surface area contributed by atoms with Gasteiger partial charge in [-0.2, -0.15) is 0 Å². The van der Waals surface area contributed by atoms with Crippen LogP contribution in [0.3, 0.4) is 0 Å². The van der Waals surface area contributed by atoms with Crippen molar-refractivity contribution in [3.8, 4) is 0 Å². The molecular weight excluding hydrogens is 270 g/mol. The first-order valence-electron chi connectivity index (χ1n) is 7.16. The second kappa shape index (κ2) is 6.72. The van der Waals surface area contributed by atoms with E-state index in [0.29, 0.717) is 13.2 Å². The summed E-state index contributed by atoms with van der Waals surface area (Å²) in [7, 11) is 0. The number of carboxylic acids is 1. The molecule has 5 nitrogen and oxygen atoms in total. The van der Waals surface area contributed by atoms with Gasteiger partial charge in [-0.1, -0.05) is 37.3 Å². The minimum absolute atomic E-state index is 0.0206. The standard InChI is InChI=1S/C16H21NO4/c1-11-8-17(9-14(11)16(19)20)15(18)12(2)21-10-13-6-4-3-5-7-13/h3-7,11-12,14H,8-10H2,1-2H3,(H,19,20). The van der Waals surface area contributed by atoms with Gasteiger partial charge in [-0.15, -0.1) is 0 Å². The number of rotatable bonds is 5. The van der Waals surface area contributed by atoms with Crippen molar-refractivity contribution >= 4 is 11.9 Å². The molecule has 1 amide bonds. The maximum absolute atomic E-state index is 12.3. The Morgan fingerprint density at radius 3 is 2.57 bits per heavy atom. The lowest BCUT2D eigenvalue weighted by molar-refractivity contribution is -0.144. The van der Waals surface area contributed by atoms with Crippen molar-refractivity contribution in [2.45, 2.75) is 26.6 Å². The number of hydrogen-bond donors (Lipinski definition) is 1. The van der Waals surface area contributed by atoms with Crippen molar-refractivity contribution in [2.75, 3.05) is 13.1 Å². The fourth-order valence-electron chi connectivity index (χ4n) is 2.59. The van der Waals surface area contributed by atoms with Crippen LogP contribution in [0.25, 0.3) is 0 Å². The first-order chi connectivity index (χ1) is 9.99. The van der Waals surface area contributed by atoms with Crippen LogP contribution >= 0.6 is 0 Å². The lowest BCUT2D eigenvalue weighted by Crippen LogP contribution is -2.38. The van der Waals surface area contributed by atoms with Gasteiger partial charge in [-0.05, 0) is 18.4 Å². The van der Waals surface area contributed by atoms with Gasteiger partial charge in [-0.3, -0.25) is 9.59 Å². The second-order valence-corrected chi connectivity index (χ2v) is 5.60. The second-order valence-electron chi connectivity index (χ2n) is 5.60. The number of amides is 1. The van der Waals surface area contributed by atoms with E-state index in [0.717, 1.165) is 5.56 Å². The van der Waals surface area contributed by atoms with Crippen LogP contribution in [0.4, 0.5) is 0 Å². The van der Waals surface area contributed by atoms with Crippen molar-refractivity contribution < 1.29 is 19.4 Å². The summed E-state index contributed by atoms with van der Waals surface area (Å²) < 4.78 is 5.59. The van der Waals surface area contributed by atoms with Gasteiger partial charge >= 0.3 is 5.97 Å². The molecule has 1 aromatic rings. The number of benzene rings is 1. The normalized spacial score (nSPS) is 23.0. The molecule has 1 N–H and O–H groups in total. The molecule has 0 radical (unpaired) electrons. The molecule has 1 aliphatic rings. The van der Waals surface area contributed by atoms with Gasteiger partial charge in [0.25, 0.3) is 5.91 Å². The number of likely N-dealkylation sites (tertiary alicyclic amines) is 1. The fourth-order valence-corrected chi connectivity index (χ4v) is 2.59. The third-order valence-corrected chi connectivity index (χ3v) is 3.93. The van der Waals surface area contributed by atoms with Gasteiger partial charge < -0.3 is 14.7 Å². The molecule has 114 valence electrons. The Labute approximate surface area is 124 Å². The summed E-state index contributed by atoms with van der Waals surface area (Å²) in [5, 5.41) is 9.10. The van der Waals surface area contributed by atoms with Crippen LogP contribution in [0, 0.1) is 11.8 Å². The van der Waals surface area contributed by atoms with Gasteiger partial charge in [0, 0.05) is 13.1 Å². The van der Waals surface area contributed by atoms with Crippen LogP contribution < -0.4 is 0 Å². The summed E-state index contributed by atoms with van der Waals surface area (Å²) in [6, 6.07) is 9.65. The number of carbonyl (C=O) groups is 2. The Balaban J connectivity index is 1.87. The van der Waals surface area contributed by atoms with Crippen LogP contribution in [0.2, 0.25) is 0 Å². The average Bonchev–Trinajstić information content (AvgIpc) is 2.87. The van der Waals surface area contributed by atoms with Crippen LogP contribution in [0.1, 0.15) is 19.4 Å². The van der Waals surface area contributed by atoms with Gasteiger partial charge in [0.1, 0.15) is 6.10 Å². The van der Waals surface area contributed by atoms with E-state index >= 15 is 0 Å². The third kappa shape index (κ3) is 3.82. The molecule has 2 rings (SSSR count). The number of carbonyl (C=O) groups excluding carboxylic acids is 1. The molecule has 1 aromatic carbocycles. The highest BCUT2D eigenvalue weighted by Gasteiger charge is 2.38. The Bertz CT molecular complexity index is 502. The zero-order valence-electron chi connectivity index (χ0n) is 12.4. The zero-order chi connectivity index (χ0) is 15.4. The molecule has 1 saturated heterocycles. The van der Waals surface area contributed by atoms with Crippen LogP contribution in [0.15, 0.2) is 30.3 Å². The highest BCUT2D eigenvalue weighted by molar-refractivity contribution is 5.82. The summed E-state index contributed by atoms with van der Waals surface area (Å²) in [5.74, 6) is -1.47. The molecule has 1 aliphatic heterocycles. The van der Waals surface area contributed by atoms with Crippen molar-refractivity contribution in [1.29, 1.82) is 0 Å². The number of hydrogen-bond acceptors (Lipinski definition) is 3. The molecule has 1 fully saturated rings. The first-order valence-corrected chi connectivity index (χ1v) is 7.16. The summed E-state index contributed by atoms with van der Waals surface area (Å²) in [4.78, 5) is 25.0. The lowest BCUT2D eigenvalue weighted by Gasteiger charge is -2.21. The van der Waals surface area contributed by atoms with Crippen molar-refractivity contribution in [3.05, 3.63) is 35.9 Å². The molecule has 3 atom stereocenters. The average molecular weight is 291 g/mol. The van der Waals surface area contributed by atoms with Crippen LogP contribution in [0.5, 0.6) is 0 Å². The van der Waals surface area contributed by atoms with Crippen LogP contribution in [-0.2, 0) is 20.9 Å². The number of ether oxygens (including phenoxy) is 1. The zero-order valence-corrected chi connectivity index (χ0v) is 12.4. The Morgan fingerprint density at radius 2 is 2.00 bits per heavy atom. The monoisotopic (exact) mass is 291 g/mol. The largest absolute Gasteiger partial charge is 0.481 e. The fraction of sp³-hybridized carbons (Fsp3) is 0.500. The van der Waals surface area contributed by atoms with E-state index in [1.165, 1.54) is 0 Å². The van der Waals surface area contributed by atoms with E-state index in [4.69, 9.17) is 9.84 Å². The predicted octanol–water partition coefficient (Wildman–Crippen LogP) is 1.77. The lowest BCUT2D eigenvalue weighted by atomic mass is 9.99. The van der Waals surface area contributed by atoms with E-state index in [1.54, 1.807) is 11.8 Å². The predicted molar refractivity (Wildman–Crippen MR) is 77.6 cm³/mol. The third-order valence-electron chi connectivity index (χ3n) is 3.93. The minimum Gasteiger partial charge on any atom is -0.481 e. The van der Waals surface area contributed by atoms with E-state index in [2.05, 4.69) is 0 Å². The SMILES string of the molecule is CC(OCc1ccccc1)C(=O)N1CC(C)C(C(=O)O)C1. The van der Waals surface area contributed by atoms with Crippen molar-refractivity contribution in [1.82, 2.24) is 4.90 Å². The molecule has 0 aliphatic carbocycles. The molecule has 21 heavy (non-hydrogen) atoms. The maximum Gasteiger partial charge on any atom is 0.308 e. The molecule has 0 aromatic heterocycles. The molecule has 1 heterocycles. The maximum atomic E-state index is 12.3. The Hall–Kier alpha value is -1.88.